The molecule has 84 valence electrons. The third kappa shape index (κ3) is 2.94. The van der Waals surface area contributed by atoms with Crippen molar-refractivity contribution in [1.29, 1.82) is 0 Å². The number of rotatable bonds is 3. The Balaban J connectivity index is 3.11. The van der Waals surface area contributed by atoms with Crippen LogP contribution >= 0.6 is 0 Å². The number of hydrogen-bond donors (Lipinski definition) is 2. The lowest BCUT2D eigenvalue weighted by atomic mass is 10.2. The van der Waals surface area contributed by atoms with Crippen LogP contribution < -0.4 is 5.73 Å². The summed E-state index contributed by atoms with van der Waals surface area (Å²) in [6, 6.07) is 4.54. The lowest BCUT2D eigenvalue weighted by Crippen LogP contribution is -2.17. The van der Waals surface area contributed by atoms with Crippen molar-refractivity contribution in [2.45, 2.75) is 24.8 Å². The molecular weight excluding hydrogens is 214 g/mol. The third-order valence-electron chi connectivity index (χ3n) is 2.06. The highest BCUT2D eigenvalue weighted by molar-refractivity contribution is 7.91. The van der Waals surface area contributed by atoms with Gasteiger partial charge < -0.3 is 10.8 Å². The molecule has 1 aromatic carbocycles. The molecule has 0 heterocycles. The van der Waals surface area contributed by atoms with Crippen molar-refractivity contribution >= 4 is 15.5 Å². The van der Waals surface area contributed by atoms with Gasteiger partial charge in [0.25, 0.3) is 0 Å². The molecule has 15 heavy (non-hydrogen) atoms. The number of nitrogen functional groups attached to an aromatic ring is 1. The predicted octanol–water partition coefficient (Wildman–Crippen LogP) is 0.732. The highest BCUT2D eigenvalue weighted by atomic mass is 32.2. The summed E-state index contributed by atoms with van der Waals surface area (Å²) in [6.45, 7) is 3.19. The average Bonchev–Trinajstić information content (AvgIpc) is 2.07. The van der Waals surface area contributed by atoms with Gasteiger partial charge >= 0.3 is 0 Å². The molecule has 0 bridgehead atoms. The monoisotopic (exact) mass is 229 g/mol. The normalized spacial score (nSPS) is 13.8. The summed E-state index contributed by atoms with van der Waals surface area (Å²) < 4.78 is 23.4. The maximum Gasteiger partial charge on any atom is 0.180 e. The van der Waals surface area contributed by atoms with E-state index >= 15 is 0 Å². The Morgan fingerprint density at radius 2 is 2.07 bits per heavy atom. The van der Waals surface area contributed by atoms with E-state index in [0.717, 1.165) is 5.56 Å². The van der Waals surface area contributed by atoms with Crippen LogP contribution in [0, 0.1) is 6.92 Å². The summed E-state index contributed by atoms with van der Waals surface area (Å²) in [5.41, 5.74) is 6.87. The number of benzene rings is 1. The van der Waals surface area contributed by atoms with E-state index in [4.69, 9.17) is 10.8 Å². The maximum atomic E-state index is 11.7. The predicted molar refractivity (Wildman–Crippen MR) is 59.3 cm³/mol. The molecule has 1 rings (SSSR count). The van der Waals surface area contributed by atoms with E-state index in [-0.39, 0.29) is 10.6 Å². The van der Waals surface area contributed by atoms with Crippen molar-refractivity contribution in [3.63, 3.8) is 0 Å². The zero-order valence-corrected chi connectivity index (χ0v) is 9.58. The van der Waals surface area contributed by atoms with Crippen molar-refractivity contribution < 1.29 is 13.5 Å². The Bertz CT molecular complexity index is 452. The first-order chi connectivity index (χ1) is 6.83. The van der Waals surface area contributed by atoms with E-state index < -0.39 is 15.9 Å². The SMILES string of the molecule is Cc1cc(S(=O)(=O)CC(C)O)ccc1N. The second-order valence-electron chi connectivity index (χ2n) is 3.65. The number of nitrogens with two attached hydrogens (primary N) is 1. The van der Waals surface area contributed by atoms with E-state index in [2.05, 4.69) is 0 Å². The van der Waals surface area contributed by atoms with Gasteiger partial charge in [-0.05, 0) is 37.6 Å². The quantitative estimate of drug-likeness (QED) is 0.749. The second kappa shape index (κ2) is 4.20. The molecule has 0 saturated carbocycles. The fourth-order valence-electron chi connectivity index (χ4n) is 1.26. The first-order valence-corrected chi connectivity index (χ1v) is 6.25. The Labute approximate surface area is 89.7 Å². The molecule has 5 heteroatoms. The van der Waals surface area contributed by atoms with Crippen molar-refractivity contribution in [2.75, 3.05) is 11.5 Å². The minimum absolute atomic E-state index is 0.204. The van der Waals surface area contributed by atoms with Gasteiger partial charge in [0.05, 0.1) is 16.8 Å². The van der Waals surface area contributed by atoms with Crippen LogP contribution in [0.1, 0.15) is 12.5 Å². The summed E-state index contributed by atoms with van der Waals surface area (Å²) >= 11 is 0. The molecule has 0 aliphatic heterocycles. The fraction of sp³-hybridized carbons (Fsp3) is 0.400. The van der Waals surface area contributed by atoms with Gasteiger partial charge in [-0.25, -0.2) is 8.42 Å². The molecule has 1 aromatic rings. The van der Waals surface area contributed by atoms with Crippen molar-refractivity contribution in [3.05, 3.63) is 23.8 Å². The topological polar surface area (TPSA) is 80.4 Å². The smallest absolute Gasteiger partial charge is 0.180 e. The van der Waals surface area contributed by atoms with Gasteiger partial charge in [-0.2, -0.15) is 0 Å². The van der Waals surface area contributed by atoms with Crippen molar-refractivity contribution in [3.8, 4) is 0 Å². The lowest BCUT2D eigenvalue weighted by Gasteiger charge is -2.08. The maximum absolute atomic E-state index is 11.7. The van der Waals surface area contributed by atoms with Crippen molar-refractivity contribution in [2.24, 2.45) is 0 Å². The summed E-state index contributed by atoms with van der Waals surface area (Å²) in [6.07, 6.45) is -0.868. The van der Waals surface area contributed by atoms with Crippen LogP contribution in [0.5, 0.6) is 0 Å². The Morgan fingerprint density at radius 3 is 2.53 bits per heavy atom. The molecule has 0 amide bonds. The molecule has 0 aliphatic rings. The summed E-state index contributed by atoms with van der Waals surface area (Å²) in [4.78, 5) is 0.204. The summed E-state index contributed by atoms with van der Waals surface area (Å²) in [7, 11) is -3.40. The number of hydrogen-bond acceptors (Lipinski definition) is 4. The van der Waals surface area contributed by atoms with Crippen LogP contribution in [0.25, 0.3) is 0 Å². The van der Waals surface area contributed by atoms with Crippen LogP contribution in [-0.2, 0) is 9.84 Å². The minimum atomic E-state index is -3.40. The van der Waals surface area contributed by atoms with E-state index in [1.165, 1.54) is 19.1 Å². The van der Waals surface area contributed by atoms with E-state index in [9.17, 15) is 8.42 Å². The fourth-order valence-corrected chi connectivity index (χ4v) is 2.71. The Hall–Kier alpha value is -1.07. The Kier molecular flexibility index (Phi) is 3.36. The molecular formula is C10H15NO3S. The number of aliphatic hydroxyl groups is 1. The van der Waals surface area contributed by atoms with Gasteiger partial charge in [-0.3, -0.25) is 0 Å². The van der Waals surface area contributed by atoms with Crippen LogP contribution in [0.15, 0.2) is 23.1 Å². The number of anilines is 1. The molecule has 0 radical (unpaired) electrons. The second-order valence-corrected chi connectivity index (χ2v) is 5.68. The van der Waals surface area contributed by atoms with Gasteiger partial charge in [0.1, 0.15) is 0 Å². The van der Waals surface area contributed by atoms with E-state index in [1.807, 2.05) is 0 Å². The first kappa shape index (κ1) is 12.0. The average molecular weight is 229 g/mol. The number of aryl methyl sites for hydroxylation is 1. The van der Waals surface area contributed by atoms with Gasteiger partial charge in [-0.1, -0.05) is 0 Å². The van der Waals surface area contributed by atoms with Crippen LogP contribution in [0.2, 0.25) is 0 Å². The zero-order chi connectivity index (χ0) is 11.6. The summed E-state index contributed by atoms with van der Waals surface area (Å²) in [5, 5.41) is 9.07. The largest absolute Gasteiger partial charge is 0.399 e. The van der Waals surface area contributed by atoms with Crippen molar-refractivity contribution in [1.82, 2.24) is 0 Å². The molecule has 3 N–H and O–H groups in total. The number of sulfone groups is 1. The van der Waals surface area contributed by atoms with Crippen LogP contribution in [0.4, 0.5) is 5.69 Å². The van der Waals surface area contributed by atoms with Gasteiger partial charge in [0, 0.05) is 5.69 Å². The highest BCUT2D eigenvalue weighted by Crippen LogP contribution is 2.18. The Morgan fingerprint density at radius 1 is 1.47 bits per heavy atom. The van der Waals surface area contributed by atoms with Gasteiger partial charge in [0.2, 0.25) is 0 Å². The zero-order valence-electron chi connectivity index (χ0n) is 8.77. The molecule has 0 saturated heterocycles. The highest BCUT2D eigenvalue weighted by Gasteiger charge is 2.17. The molecule has 1 unspecified atom stereocenters. The minimum Gasteiger partial charge on any atom is -0.399 e. The molecule has 4 nitrogen and oxygen atoms in total. The number of aliphatic hydroxyl groups excluding tert-OH is 1. The lowest BCUT2D eigenvalue weighted by molar-refractivity contribution is 0.218. The van der Waals surface area contributed by atoms with Gasteiger partial charge in [-0.15, -0.1) is 0 Å². The molecule has 1 atom stereocenters. The molecule has 0 spiro atoms. The van der Waals surface area contributed by atoms with Crippen LogP contribution in [0.3, 0.4) is 0 Å². The molecule has 0 aliphatic carbocycles. The third-order valence-corrected chi connectivity index (χ3v) is 3.95. The van der Waals surface area contributed by atoms with Crippen LogP contribution in [-0.4, -0.2) is 25.4 Å². The molecule has 0 fully saturated rings. The first-order valence-electron chi connectivity index (χ1n) is 4.60. The van der Waals surface area contributed by atoms with Gasteiger partial charge in [0.15, 0.2) is 9.84 Å². The molecule has 0 aromatic heterocycles. The van der Waals surface area contributed by atoms with E-state index in [1.54, 1.807) is 13.0 Å². The standard InChI is InChI=1S/C10H15NO3S/c1-7-5-9(3-4-10(7)11)15(13,14)6-8(2)12/h3-5,8,12H,6,11H2,1-2H3. The van der Waals surface area contributed by atoms with E-state index in [0.29, 0.717) is 5.69 Å². The summed E-state index contributed by atoms with van der Waals surface area (Å²) in [5.74, 6) is -0.268.